The van der Waals surface area contributed by atoms with Gasteiger partial charge in [-0.2, -0.15) is 0 Å². The SMILES string of the molecule is COc1ccc2c(c1)[C@@H]1OCC[C@@H]1[C@H]1N2C(=O)[C@@H]2[C@@H](C(=O)O)[C@H]3C=C[C@@]21O3. The summed E-state index contributed by atoms with van der Waals surface area (Å²) in [6.07, 6.45) is 3.90. The first kappa shape index (κ1) is 15.7. The van der Waals surface area contributed by atoms with E-state index < -0.39 is 29.5 Å². The molecule has 1 N–H and O–H groups in total. The maximum Gasteiger partial charge on any atom is 0.310 e. The second kappa shape index (κ2) is 4.91. The number of carbonyl (C=O) groups is 2. The fourth-order valence-corrected chi connectivity index (χ4v) is 6.02. The Hall–Kier alpha value is -2.38. The van der Waals surface area contributed by atoms with Gasteiger partial charge in [-0.25, -0.2) is 0 Å². The van der Waals surface area contributed by atoms with Gasteiger partial charge < -0.3 is 24.2 Å². The largest absolute Gasteiger partial charge is 0.497 e. The highest BCUT2D eigenvalue weighted by atomic mass is 16.5. The van der Waals surface area contributed by atoms with E-state index in [0.717, 1.165) is 17.7 Å². The van der Waals surface area contributed by atoms with Crippen molar-refractivity contribution in [1.29, 1.82) is 0 Å². The van der Waals surface area contributed by atoms with Crippen LogP contribution in [-0.4, -0.2) is 48.4 Å². The minimum atomic E-state index is -0.974. The number of hydrogen-bond donors (Lipinski definition) is 1. The van der Waals surface area contributed by atoms with Crippen LogP contribution in [0, 0.1) is 17.8 Å². The molecule has 0 aromatic heterocycles. The second-order valence-corrected chi connectivity index (χ2v) is 7.96. The number of benzene rings is 1. The molecule has 1 aromatic rings. The van der Waals surface area contributed by atoms with Gasteiger partial charge in [0.15, 0.2) is 0 Å². The summed E-state index contributed by atoms with van der Waals surface area (Å²) in [5.74, 6) is -1.88. The molecule has 1 aromatic carbocycles. The van der Waals surface area contributed by atoms with Crippen molar-refractivity contribution in [3.8, 4) is 5.75 Å². The zero-order valence-electron chi connectivity index (χ0n) is 14.7. The van der Waals surface area contributed by atoms with E-state index in [9.17, 15) is 14.7 Å². The molecule has 1 amide bonds. The minimum Gasteiger partial charge on any atom is -0.497 e. The van der Waals surface area contributed by atoms with Gasteiger partial charge in [0.05, 0.1) is 37.0 Å². The number of nitrogens with zero attached hydrogens (tertiary/aromatic N) is 1. The number of hydrogen-bond acceptors (Lipinski definition) is 5. The molecule has 2 bridgehead atoms. The number of aliphatic carboxylic acids is 1. The molecular formula is C20H19NO6. The molecule has 0 saturated carbocycles. The first-order valence-corrected chi connectivity index (χ1v) is 9.29. The molecule has 6 rings (SSSR count). The predicted molar refractivity (Wildman–Crippen MR) is 92.4 cm³/mol. The summed E-state index contributed by atoms with van der Waals surface area (Å²) in [6.45, 7) is 0.612. The standard InChI is InChI=1S/C20H19NO6/c1-25-9-2-3-12-11(8-9)16-10(5-7-26-16)17-20-6-4-13(27-20)14(19(23)24)15(20)18(22)21(12)17/h2-4,6,8,10,13-17H,5,7H2,1H3,(H,23,24)/t10-,13+,14-,15-,16+,17+,20+/m0/s1. The third-order valence-corrected chi connectivity index (χ3v) is 6.96. The number of carbonyl (C=O) groups excluding carboxylic acids is 1. The monoisotopic (exact) mass is 369 g/mol. The van der Waals surface area contributed by atoms with Crippen molar-refractivity contribution in [3.05, 3.63) is 35.9 Å². The second-order valence-electron chi connectivity index (χ2n) is 7.96. The highest BCUT2D eigenvalue weighted by molar-refractivity contribution is 6.04. The minimum absolute atomic E-state index is 0.0644. The Balaban J connectivity index is 1.57. The fraction of sp³-hybridized carbons (Fsp3) is 0.500. The van der Waals surface area contributed by atoms with Gasteiger partial charge in [0.1, 0.15) is 17.3 Å². The van der Waals surface area contributed by atoms with Gasteiger partial charge in [0, 0.05) is 18.1 Å². The van der Waals surface area contributed by atoms with Crippen molar-refractivity contribution in [3.63, 3.8) is 0 Å². The lowest BCUT2D eigenvalue weighted by Crippen LogP contribution is -2.53. The summed E-state index contributed by atoms with van der Waals surface area (Å²) in [5, 5.41) is 9.76. The number of fused-ring (bicyclic) bond motifs is 7. The topological polar surface area (TPSA) is 85.3 Å². The average Bonchev–Trinajstić information content (AvgIpc) is 3.41. The van der Waals surface area contributed by atoms with Crippen LogP contribution in [0.4, 0.5) is 5.69 Å². The lowest BCUT2D eigenvalue weighted by molar-refractivity contribution is -0.146. The average molecular weight is 369 g/mol. The van der Waals surface area contributed by atoms with Crippen LogP contribution < -0.4 is 9.64 Å². The van der Waals surface area contributed by atoms with E-state index >= 15 is 0 Å². The van der Waals surface area contributed by atoms with Crippen LogP contribution in [0.1, 0.15) is 18.1 Å². The van der Waals surface area contributed by atoms with Crippen LogP contribution in [0.3, 0.4) is 0 Å². The van der Waals surface area contributed by atoms with Crippen molar-refractivity contribution >= 4 is 17.6 Å². The molecule has 5 aliphatic heterocycles. The maximum atomic E-state index is 13.5. The van der Waals surface area contributed by atoms with Gasteiger partial charge in [-0.1, -0.05) is 12.2 Å². The van der Waals surface area contributed by atoms with Gasteiger partial charge in [-0.05, 0) is 24.6 Å². The highest BCUT2D eigenvalue weighted by Crippen LogP contribution is 2.62. The Morgan fingerprint density at radius 1 is 1.41 bits per heavy atom. The van der Waals surface area contributed by atoms with Crippen LogP contribution in [0.25, 0.3) is 0 Å². The Kier molecular flexibility index (Phi) is 2.85. The Labute approximate surface area is 155 Å². The van der Waals surface area contributed by atoms with E-state index in [4.69, 9.17) is 14.2 Å². The summed E-state index contributed by atoms with van der Waals surface area (Å²) < 4.78 is 17.7. The first-order valence-electron chi connectivity index (χ1n) is 9.29. The van der Waals surface area contributed by atoms with E-state index in [0.29, 0.717) is 12.4 Å². The number of anilines is 1. The van der Waals surface area contributed by atoms with Crippen molar-refractivity contribution in [1.82, 2.24) is 0 Å². The van der Waals surface area contributed by atoms with Crippen LogP contribution in [-0.2, 0) is 19.1 Å². The number of carboxylic acid groups (broad SMARTS) is 1. The quantitative estimate of drug-likeness (QED) is 0.796. The van der Waals surface area contributed by atoms with E-state index in [-0.39, 0.29) is 24.0 Å². The van der Waals surface area contributed by atoms with Gasteiger partial charge in [-0.15, -0.1) is 0 Å². The molecular weight excluding hydrogens is 350 g/mol. The van der Waals surface area contributed by atoms with Crippen LogP contribution in [0.15, 0.2) is 30.4 Å². The van der Waals surface area contributed by atoms with Gasteiger partial charge in [0.25, 0.3) is 0 Å². The third-order valence-electron chi connectivity index (χ3n) is 6.96. The predicted octanol–water partition coefficient (Wildman–Crippen LogP) is 1.53. The van der Waals surface area contributed by atoms with Crippen LogP contribution in [0.5, 0.6) is 5.75 Å². The molecule has 5 heterocycles. The first-order chi connectivity index (χ1) is 13.1. The summed E-state index contributed by atoms with van der Waals surface area (Å²) >= 11 is 0. The zero-order chi connectivity index (χ0) is 18.5. The summed E-state index contributed by atoms with van der Waals surface area (Å²) in [6, 6.07) is 5.39. The lowest BCUT2D eigenvalue weighted by Gasteiger charge is -2.44. The number of ether oxygens (including phenoxy) is 3. The van der Waals surface area contributed by atoms with E-state index in [1.165, 1.54) is 0 Å². The molecule has 7 heteroatoms. The van der Waals surface area contributed by atoms with Crippen molar-refractivity contribution in [2.75, 3.05) is 18.6 Å². The number of rotatable bonds is 2. The van der Waals surface area contributed by atoms with E-state index in [2.05, 4.69) is 0 Å². The Morgan fingerprint density at radius 2 is 2.26 bits per heavy atom. The molecule has 3 saturated heterocycles. The Morgan fingerprint density at radius 3 is 3.04 bits per heavy atom. The zero-order valence-corrected chi connectivity index (χ0v) is 14.7. The number of amides is 1. The Bertz CT molecular complexity index is 912. The van der Waals surface area contributed by atoms with Crippen LogP contribution >= 0.6 is 0 Å². The number of carboxylic acids is 1. The summed E-state index contributed by atoms with van der Waals surface area (Å²) in [7, 11) is 1.61. The smallest absolute Gasteiger partial charge is 0.310 e. The molecule has 0 unspecified atom stereocenters. The van der Waals surface area contributed by atoms with Gasteiger partial charge in [0.2, 0.25) is 5.91 Å². The molecule has 3 fully saturated rings. The van der Waals surface area contributed by atoms with Gasteiger partial charge >= 0.3 is 5.97 Å². The highest BCUT2D eigenvalue weighted by Gasteiger charge is 2.74. The molecule has 1 spiro atoms. The maximum absolute atomic E-state index is 13.5. The van der Waals surface area contributed by atoms with E-state index in [1.54, 1.807) is 12.0 Å². The number of methoxy groups -OCH3 is 1. The summed E-state index contributed by atoms with van der Waals surface area (Å²) in [4.78, 5) is 27.2. The van der Waals surface area contributed by atoms with E-state index in [1.807, 2.05) is 30.4 Å². The molecule has 0 radical (unpaired) electrons. The molecule has 7 nitrogen and oxygen atoms in total. The molecule has 27 heavy (non-hydrogen) atoms. The molecule has 140 valence electrons. The fourth-order valence-electron chi connectivity index (χ4n) is 6.02. The molecule has 0 aliphatic carbocycles. The summed E-state index contributed by atoms with van der Waals surface area (Å²) in [5.41, 5.74) is 0.838. The van der Waals surface area contributed by atoms with Crippen molar-refractivity contribution in [2.24, 2.45) is 17.8 Å². The normalized spacial score (nSPS) is 42.7. The van der Waals surface area contributed by atoms with Crippen molar-refractivity contribution in [2.45, 2.75) is 30.3 Å². The third kappa shape index (κ3) is 1.66. The van der Waals surface area contributed by atoms with Crippen molar-refractivity contribution < 1.29 is 28.9 Å². The van der Waals surface area contributed by atoms with Gasteiger partial charge in [-0.3, -0.25) is 9.59 Å². The van der Waals surface area contributed by atoms with Crippen LogP contribution in [0.2, 0.25) is 0 Å². The molecule has 5 aliphatic rings. The lowest BCUT2D eigenvalue weighted by atomic mass is 9.70. The molecule has 7 atom stereocenters.